The monoisotopic (exact) mass is 262 g/mol. The topological polar surface area (TPSA) is 42.4 Å². The Morgan fingerprint density at radius 3 is 2.74 bits per heavy atom. The number of ether oxygens (including phenoxy) is 1. The first-order valence-corrected chi connectivity index (χ1v) is 6.86. The van der Waals surface area contributed by atoms with Crippen molar-refractivity contribution in [2.24, 2.45) is 5.92 Å². The van der Waals surface area contributed by atoms with Gasteiger partial charge in [-0.1, -0.05) is 0 Å². The molecule has 1 fully saturated rings. The maximum Gasteiger partial charge on any atom is 0.178 e. The lowest BCUT2D eigenvalue weighted by atomic mass is 10.1. The number of hydrogen-bond donors (Lipinski definition) is 0. The SMILES string of the molecule is COCCN(c1ccc(C(C)=O)nc1)C(C)C1CC1. The van der Waals surface area contributed by atoms with E-state index in [4.69, 9.17) is 4.74 Å². The third-order valence-corrected chi connectivity index (χ3v) is 3.77. The maximum atomic E-state index is 11.3. The first-order valence-electron chi connectivity index (χ1n) is 6.86. The van der Waals surface area contributed by atoms with Crippen molar-refractivity contribution in [3.63, 3.8) is 0 Å². The Hall–Kier alpha value is -1.42. The van der Waals surface area contributed by atoms with Crippen molar-refractivity contribution in [2.45, 2.75) is 32.7 Å². The molecular formula is C15H22N2O2. The van der Waals surface area contributed by atoms with Crippen LogP contribution in [0.1, 0.15) is 37.2 Å². The van der Waals surface area contributed by atoms with E-state index in [1.165, 1.54) is 19.8 Å². The number of carbonyl (C=O) groups excluding carboxylic acids is 1. The van der Waals surface area contributed by atoms with E-state index in [1.54, 1.807) is 19.4 Å². The second-order valence-electron chi connectivity index (χ2n) is 5.22. The van der Waals surface area contributed by atoms with Gasteiger partial charge in [0, 0.05) is 26.6 Å². The molecule has 0 saturated heterocycles. The molecule has 4 heteroatoms. The van der Waals surface area contributed by atoms with Crippen LogP contribution < -0.4 is 4.90 Å². The molecule has 1 saturated carbocycles. The van der Waals surface area contributed by atoms with E-state index in [1.807, 2.05) is 6.07 Å². The number of carbonyl (C=O) groups is 1. The van der Waals surface area contributed by atoms with Crippen molar-refractivity contribution in [3.8, 4) is 0 Å². The van der Waals surface area contributed by atoms with Gasteiger partial charge < -0.3 is 9.64 Å². The molecule has 2 rings (SSSR count). The number of methoxy groups -OCH3 is 1. The van der Waals surface area contributed by atoms with Crippen LogP contribution in [0, 0.1) is 5.92 Å². The molecule has 1 atom stereocenters. The number of nitrogens with zero attached hydrogens (tertiary/aromatic N) is 2. The summed E-state index contributed by atoms with van der Waals surface area (Å²) in [6.45, 7) is 5.35. The summed E-state index contributed by atoms with van der Waals surface area (Å²) in [5.74, 6) is 0.787. The number of ketones is 1. The molecule has 0 spiro atoms. The standard InChI is InChI=1S/C15H22N2O2/c1-11(13-4-5-13)17(8-9-19-3)14-6-7-15(12(2)18)16-10-14/h6-7,10-11,13H,4-5,8-9H2,1-3H3. The normalized spacial score (nSPS) is 16.2. The fourth-order valence-electron chi connectivity index (χ4n) is 2.35. The van der Waals surface area contributed by atoms with E-state index in [2.05, 4.69) is 16.8 Å². The van der Waals surface area contributed by atoms with E-state index >= 15 is 0 Å². The van der Waals surface area contributed by atoms with Crippen molar-refractivity contribution in [1.82, 2.24) is 4.98 Å². The minimum Gasteiger partial charge on any atom is -0.383 e. The van der Waals surface area contributed by atoms with Gasteiger partial charge in [0.2, 0.25) is 0 Å². The molecule has 1 aliphatic carbocycles. The average Bonchev–Trinajstić information content (AvgIpc) is 3.23. The minimum atomic E-state index is 0.00485. The molecular weight excluding hydrogens is 240 g/mol. The molecule has 0 aromatic carbocycles. The van der Waals surface area contributed by atoms with Gasteiger partial charge in [0.25, 0.3) is 0 Å². The third-order valence-electron chi connectivity index (χ3n) is 3.77. The molecule has 1 unspecified atom stereocenters. The Balaban J connectivity index is 2.13. The van der Waals surface area contributed by atoms with Crippen molar-refractivity contribution in [3.05, 3.63) is 24.0 Å². The number of pyridine rings is 1. The first-order chi connectivity index (χ1) is 9.13. The van der Waals surface area contributed by atoms with E-state index < -0.39 is 0 Å². The van der Waals surface area contributed by atoms with Crippen molar-refractivity contribution in [1.29, 1.82) is 0 Å². The van der Waals surface area contributed by atoms with Crippen LogP contribution in [0.2, 0.25) is 0 Å². The zero-order chi connectivity index (χ0) is 13.8. The van der Waals surface area contributed by atoms with E-state index in [9.17, 15) is 4.79 Å². The lowest BCUT2D eigenvalue weighted by Crippen LogP contribution is -2.37. The van der Waals surface area contributed by atoms with E-state index in [0.717, 1.165) is 18.2 Å². The molecule has 104 valence electrons. The summed E-state index contributed by atoms with van der Waals surface area (Å²) < 4.78 is 5.19. The third kappa shape index (κ3) is 3.53. The second kappa shape index (κ2) is 6.15. The van der Waals surface area contributed by atoms with Crippen LogP contribution in [0.5, 0.6) is 0 Å². The molecule has 0 radical (unpaired) electrons. The summed E-state index contributed by atoms with van der Waals surface area (Å²) in [5.41, 5.74) is 1.59. The first kappa shape index (κ1) is 14.0. The molecule has 1 aromatic rings. The average molecular weight is 262 g/mol. The molecule has 1 heterocycles. The summed E-state index contributed by atoms with van der Waals surface area (Å²) in [5, 5.41) is 0. The quantitative estimate of drug-likeness (QED) is 0.708. The highest BCUT2D eigenvalue weighted by Crippen LogP contribution is 2.36. The highest BCUT2D eigenvalue weighted by molar-refractivity contribution is 5.92. The van der Waals surface area contributed by atoms with Gasteiger partial charge in [-0.2, -0.15) is 0 Å². The van der Waals surface area contributed by atoms with Crippen LogP contribution in [-0.2, 0) is 4.74 Å². The number of rotatable bonds is 7. The van der Waals surface area contributed by atoms with Crippen LogP contribution in [0.4, 0.5) is 5.69 Å². The fraction of sp³-hybridized carbons (Fsp3) is 0.600. The van der Waals surface area contributed by atoms with Gasteiger partial charge in [-0.05, 0) is 37.8 Å². The van der Waals surface area contributed by atoms with Crippen LogP contribution in [0.25, 0.3) is 0 Å². The molecule has 0 bridgehead atoms. The molecule has 0 aliphatic heterocycles. The largest absolute Gasteiger partial charge is 0.383 e. The summed E-state index contributed by atoms with van der Waals surface area (Å²) >= 11 is 0. The fourth-order valence-corrected chi connectivity index (χ4v) is 2.35. The molecule has 1 aliphatic rings. The highest BCUT2D eigenvalue weighted by Gasteiger charge is 2.32. The Kier molecular flexibility index (Phi) is 4.53. The predicted molar refractivity (Wildman–Crippen MR) is 75.6 cm³/mol. The lowest BCUT2D eigenvalue weighted by Gasteiger charge is -2.31. The molecule has 19 heavy (non-hydrogen) atoms. The Morgan fingerprint density at radius 1 is 1.53 bits per heavy atom. The summed E-state index contributed by atoms with van der Waals surface area (Å²) in [6, 6.07) is 4.29. The maximum absolute atomic E-state index is 11.3. The summed E-state index contributed by atoms with van der Waals surface area (Å²) in [4.78, 5) is 17.8. The number of aromatic nitrogens is 1. The van der Waals surface area contributed by atoms with E-state index in [-0.39, 0.29) is 5.78 Å². The van der Waals surface area contributed by atoms with Gasteiger partial charge in [-0.25, -0.2) is 0 Å². The zero-order valence-corrected chi connectivity index (χ0v) is 11.9. The van der Waals surface area contributed by atoms with Crippen molar-refractivity contribution < 1.29 is 9.53 Å². The van der Waals surface area contributed by atoms with E-state index in [0.29, 0.717) is 18.3 Å². The number of hydrogen-bond acceptors (Lipinski definition) is 4. The van der Waals surface area contributed by atoms with Gasteiger partial charge >= 0.3 is 0 Å². The van der Waals surface area contributed by atoms with Crippen molar-refractivity contribution >= 4 is 11.5 Å². The Bertz CT molecular complexity index is 426. The lowest BCUT2D eigenvalue weighted by molar-refractivity contribution is 0.101. The molecule has 1 aromatic heterocycles. The van der Waals surface area contributed by atoms with Crippen LogP contribution in [0.3, 0.4) is 0 Å². The van der Waals surface area contributed by atoms with Gasteiger partial charge in [0.15, 0.2) is 5.78 Å². The van der Waals surface area contributed by atoms with Gasteiger partial charge in [-0.15, -0.1) is 0 Å². The Labute approximate surface area is 114 Å². The molecule has 0 N–H and O–H groups in total. The van der Waals surface area contributed by atoms with Gasteiger partial charge in [0.1, 0.15) is 5.69 Å². The minimum absolute atomic E-state index is 0.00485. The van der Waals surface area contributed by atoms with Crippen molar-refractivity contribution in [2.75, 3.05) is 25.2 Å². The summed E-state index contributed by atoms with van der Waals surface area (Å²) in [6.07, 6.45) is 4.42. The number of anilines is 1. The van der Waals surface area contributed by atoms with Crippen LogP contribution in [-0.4, -0.2) is 37.1 Å². The molecule has 4 nitrogen and oxygen atoms in total. The highest BCUT2D eigenvalue weighted by atomic mass is 16.5. The van der Waals surface area contributed by atoms with Gasteiger partial charge in [-0.3, -0.25) is 9.78 Å². The second-order valence-corrected chi connectivity index (χ2v) is 5.22. The number of Topliss-reactive ketones (excluding diaryl/α,β-unsaturated/α-hetero) is 1. The summed E-state index contributed by atoms with van der Waals surface area (Å²) in [7, 11) is 1.72. The van der Waals surface area contributed by atoms with Crippen LogP contribution >= 0.6 is 0 Å². The predicted octanol–water partition coefficient (Wildman–Crippen LogP) is 2.54. The zero-order valence-electron chi connectivity index (χ0n) is 11.9. The van der Waals surface area contributed by atoms with Crippen LogP contribution in [0.15, 0.2) is 18.3 Å². The Morgan fingerprint density at radius 2 is 2.26 bits per heavy atom. The van der Waals surface area contributed by atoms with Gasteiger partial charge in [0.05, 0.1) is 18.5 Å². The molecule has 0 amide bonds. The smallest absolute Gasteiger partial charge is 0.178 e.